The number of nitro groups is 1. The summed E-state index contributed by atoms with van der Waals surface area (Å²) in [6.45, 7) is 1.89. The third-order valence-corrected chi connectivity index (χ3v) is 3.13. The molecule has 21 heavy (non-hydrogen) atoms. The second-order valence-electron chi connectivity index (χ2n) is 4.48. The van der Waals surface area contributed by atoms with Gasteiger partial charge in [-0.1, -0.05) is 17.7 Å². The Kier molecular flexibility index (Phi) is 4.49. The maximum absolute atomic E-state index is 11.9. The molecule has 0 fully saturated rings. The predicted octanol–water partition coefficient (Wildman–Crippen LogP) is 3.13. The van der Waals surface area contributed by atoms with Crippen LogP contribution in [0.2, 0.25) is 5.02 Å². The number of carbonyl (C=O) groups excluding carboxylic acids is 1. The summed E-state index contributed by atoms with van der Waals surface area (Å²) < 4.78 is 0. The number of non-ortho nitro benzene ring substituents is 1. The fourth-order valence-corrected chi connectivity index (χ4v) is 2.00. The summed E-state index contributed by atoms with van der Waals surface area (Å²) in [5.74, 6) is 0.168. The smallest absolute Gasteiger partial charge is 0.270 e. The minimum Gasteiger partial charge on any atom is -0.310 e. The molecule has 0 atom stereocenters. The van der Waals surface area contributed by atoms with Crippen molar-refractivity contribution in [3.8, 4) is 0 Å². The van der Waals surface area contributed by atoms with E-state index in [4.69, 9.17) is 11.6 Å². The van der Waals surface area contributed by atoms with E-state index in [-0.39, 0.29) is 23.0 Å². The van der Waals surface area contributed by atoms with E-state index in [9.17, 15) is 14.9 Å². The van der Waals surface area contributed by atoms with E-state index in [2.05, 4.69) is 10.3 Å². The molecule has 1 aromatic heterocycles. The summed E-state index contributed by atoms with van der Waals surface area (Å²) in [6, 6.07) is 7.59. The van der Waals surface area contributed by atoms with Crippen LogP contribution in [0.4, 0.5) is 11.5 Å². The van der Waals surface area contributed by atoms with E-state index in [0.29, 0.717) is 11.4 Å². The highest BCUT2D eigenvalue weighted by Gasteiger charge is 2.12. The molecule has 108 valence electrons. The number of hydrogen-bond donors (Lipinski definition) is 1. The average Bonchev–Trinajstić information content (AvgIpc) is 2.40. The summed E-state index contributed by atoms with van der Waals surface area (Å²) in [5.41, 5.74) is 1.39. The van der Waals surface area contributed by atoms with Crippen LogP contribution in [0.3, 0.4) is 0 Å². The van der Waals surface area contributed by atoms with Gasteiger partial charge in [-0.25, -0.2) is 4.98 Å². The third-order valence-electron chi connectivity index (χ3n) is 2.78. The number of nitrogens with zero attached hydrogens (tertiary/aromatic N) is 2. The van der Waals surface area contributed by atoms with Gasteiger partial charge >= 0.3 is 0 Å². The zero-order chi connectivity index (χ0) is 15.4. The lowest BCUT2D eigenvalue weighted by Gasteiger charge is -2.06. The van der Waals surface area contributed by atoms with Gasteiger partial charge in [0.1, 0.15) is 5.82 Å². The van der Waals surface area contributed by atoms with Crippen LogP contribution in [-0.4, -0.2) is 15.8 Å². The molecule has 7 heteroatoms. The molecule has 0 saturated heterocycles. The fraction of sp³-hybridized carbons (Fsp3) is 0.143. The number of aryl methyl sites for hydroxylation is 1. The van der Waals surface area contributed by atoms with Gasteiger partial charge < -0.3 is 5.32 Å². The average molecular weight is 306 g/mol. The molecular weight excluding hydrogens is 294 g/mol. The number of benzene rings is 1. The van der Waals surface area contributed by atoms with Gasteiger partial charge in [0.2, 0.25) is 5.91 Å². The van der Waals surface area contributed by atoms with Gasteiger partial charge in [0.05, 0.1) is 16.4 Å². The van der Waals surface area contributed by atoms with Crippen molar-refractivity contribution in [2.75, 3.05) is 5.32 Å². The maximum atomic E-state index is 11.9. The molecule has 0 bridgehead atoms. The summed E-state index contributed by atoms with van der Waals surface area (Å²) in [6.07, 6.45) is 1.62. The lowest BCUT2D eigenvalue weighted by atomic mass is 10.1. The molecule has 6 nitrogen and oxygen atoms in total. The third kappa shape index (κ3) is 4.00. The normalized spacial score (nSPS) is 10.2. The van der Waals surface area contributed by atoms with Gasteiger partial charge in [0, 0.05) is 18.3 Å². The Hall–Kier alpha value is -2.47. The molecule has 1 heterocycles. The van der Waals surface area contributed by atoms with Crippen molar-refractivity contribution >= 4 is 29.0 Å². The van der Waals surface area contributed by atoms with E-state index in [1.807, 2.05) is 13.0 Å². The Balaban J connectivity index is 2.08. The number of pyridine rings is 1. The van der Waals surface area contributed by atoms with Crippen molar-refractivity contribution in [1.82, 2.24) is 4.98 Å². The van der Waals surface area contributed by atoms with E-state index < -0.39 is 4.92 Å². The molecule has 1 N–H and O–H groups in total. The van der Waals surface area contributed by atoms with Crippen LogP contribution in [0.1, 0.15) is 11.1 Å². The van der Waals surface area contributed by atoms with Crippen molar-refractivity contribution in [3.63, 3.8) is 0 Å². The molecule has 0 radical (unpaired) electrons. The molecule has 2 rings (SSSR count). The van der Waals surface area contributed by atoms with Crippen molar-refractivity contribution in [2.45, 2.75) is 13.3 Å². The molecule has 0 unspecified atom stereocenters. The molecule has 2 aromatic rings. The molecule has 0 saturated carbocycles. The Morgan fingerprint density at radius 3 is 2.76 bits per heavy atom. The van der Waals surface area contributed by atoms with Crippen LogP contribution in [0, 0.1) is 17.0 Å². The van der Waals surface area contributed by atoms with Gasteiger partial charge in [0.25, 0.3) is 5.69 Å². The van der Waals surface area contributed by atoms with E-state index in [1.165, 1.54) is 18.2 Å². The van der Waals surface area contributed by atoms with Crippen molar-refractivity contribution in [3.05, 3.63) is 62.8 Å². The monoisotopic (exact) mass is 305 g/mol. The molecule has 1 aromatic carbocycles. The zero-order valence-electron chi connectivity index (χ0n) is 11.2. The second-order valence-corrected chi connectivity index (χ2v) is 4.88. The van der Waals surface area contributed by atoms with Crippen molar-refractivity contribution < 1.29 is 9.72 Å². The van der Waals surface area contributed by atoms with Gasteiger partial charge in [-0.3, -0.25) is 14.9 Å². The largest absolute Gasteiger partial charge is 0.310 e. The minimum absolute atomic E-state index is 0.0203. The van der Waals surface area contributed by atoms with Crippen LogP contribution in [0.5, 0.6) is 0 Å². The molecule has 0 aliphatic rings. The summed E-state index contributed by atoms with van der Waals surface area (Å²) >= 11 is 5.95. The van der Waals surface area contributed by atoms with E-state index >= 15 is 0 Å². The number of nitrogens with one attached hydrogen (secondary N) is 1. The first kappa shape index (κ1) is 14.9. The van der Waals surface area contributed by atoms with E-state index in [1.54, 1.807) is 12.3 Å². The molecule has 1 amide bonds. The Morgan fingerprint density at radius 2 is 2.14 bits per heavy atom. The van der Waals surface area contributed by atoms with Gasteiger partial charge in [0.15, 0.2) is 0 Å². The van der Waals surface area contributed by atoms with Crippen LogP contribution >= 0.6 is 11.6 Å². The number of amides is 1. The number of rotatable bonds is 4. The second kappa shape index (κ2) is 6.32. The number of carbonyl (C=O) groups is 1. The number of anilines is 1. The number of halogens is 1. The Morgan fingerprint density at radius 1 is 1.38 bits per heavy atom. The summed E-state index contributed by atoms with van der Waals surface area (Å²) in [7, 11) is 0. The number of aromatic nitrogens is 1. The highest BCUT2D eigenvalue weighted by molar-refractivity contribution is 6.31. The molecule has 0 spiro atoms. The zero-order valence-corrected chi connectivity index (χ0v) is 11.9. The lowest BCUT2D eigenvalue weighted by Crippen LogP contribution is -2.15. The Labute approximate surface area is 125 Å². The number of hydrogen-bond acceptors (Lipinski definition) is 4. The van der Waals surface area contributed by atoms with Crippen molar-refractivity contribution in [2.24, 2.45) is 0 Å². The first-order valence-corrected chi connectivity index (χ1v) is 6.49. The van der Waals surface area contributed by atoms with Crippen LogP contribution in [-0.2, 0) is 11.2 Å². The first-order chi connectivity index (χ1) is 9.95. The van der Waals surface area contributed by atoms with Crippen LogP contribution in [0.15, 0.2) is 36.5 Å². The van der Waals surface area contributed by atoms with Gasteiger partial charge in [-0.15, -0.1) is 0 Å². The molecule has 0 aliphatic carbocycles. The SMILES string of the molecule is Cc1ccnc(NC(=O)Cc2ccc([N+](=O)[O-])cc2Cl)c1. The van der Waals surface area contributed by atoms with Crippen LogP contribution in [0.25, 0.3) is 0 Å². The van der Waals surface area contributed by atoms with E-state index in [0.717, 1.165) is 5.56 Å². The van der Waals surface area contributed by atoms with Gasteiger partial charge in [-0.2, -0.15) is 0 Å². The topological polar surface area (TPSA) is 85.1 Å². The first-order valence-electron chi connectivity index (χ1n) is 6.11. The predicted molar refractivity (Wildman–Crippen MR) is 79.4 cm³/mol. The quantitative estimate of drug-likeness (QED) is 0.694. The minimum atomic E-state index is -0.535. The highest BCUT2D eigenvalue weighted by atomic mass is 35.5. The fourth-order valence-electron chi connectivity index (χ4n) is 1.76. The van der Waals surface area contributed by atoms with Gasteiger partial charge in [-0.05, 0) is 30.2 Å². The summed E-state index contributed by atoms with van der Waals surface area (Å²) in [5, 5.41) is 13.5. The van der Waals surface area contributed by atoms with Crippen LogP contribution < -0.4 is 5.32 Å². The maximum Gasteiger partial charge on any atom is 0.270 e. The van der Waals surface area contributed by atoms with Crippen molar-refractivity contribution in [1.29, 1.82) is 0 Å². The highest BCUT2D eigenvalue weighted by Crippen LogP contribution is 2.23. The number of nitro benzene ring substituents is 1. The molecular formula is C14H12ClN3O3. The molecule has 0 aliphatic heterocycles. The Bertz CT molecular complexity index is 704. The lowest BCUT2D eigenvalue weighted by molar-refractivity contribution is -0.384. The standard InChI is InChI=1S/C14H12ClN3O3/c1-9-4-5-16-13(6-9)17-14(19)7-10-2-3-11(18(20)21)8-12(10)15/h2-6,8H,7H2,1H3,(H,16,17,19). The summed E-state index contributed by atoms with van der Waals surface area (Å²) in [4.78, 5) is 26.0.